The number of rotatable bonds is 7. The Morgan fingerprint density at radius 3 is 2.33 bits per heavy atom. The number of guanidine groups is 1. The molecule has 0 aliphatic carbocycles. The van der Waals surface area contributed by atoms with E-state index in [1.807, 2.05) is 19.1 Å². The molecule has 0 atom stereocenters. The molecular weight excluding hydrogens is 365 g/mol. The summed E-state index contributed by atoms with van der Waals surface area (Å²) in [6.45, 7) is 5.58. The molecule has 0 heterocycles. The Balaban J connectivity index is 1.92. The van der Waals surface area contributed by atoms with Crippen LogP contribution in [0.1, 0.15) is 23.6 Å². The summed E-state index contributed by atoms with van der Waals surface area (Å²) in [5.41, 5.74) is 2.60. The molecule has 0 saturated carbocycles. The van der Waals surface area contributed by atoms with E-state index in [0.717, 1.165) is 24.1 Å². The van der Waals surface area contributed by atoms with Crippen molar-refractivity contribution in [2.75, 3.05) is 19.3 Å². The van der Waals surface area contributed by atoms with Crippen molar-refractivity contribution in [3.05, 3.63) is 65.0 Å². The highest BCUT2D eigenvalue weighted by Gasteiger charge is 2.06. The molecule has 0 radical (unpaired) electrons. The van der Waals surface area contributed by atoms with E-state index < -0.39 is 9.84 Å². The van der Waals surface area contributed by atoms with Crippen LogP contribution in [0.2, 0.25) is 0 Å². The number of benzene rings is 2. The fourth-order valence-corrected chi connectivity index (χ4v) is 3.18. The number of nitrogens with zero attached hydrogens (tertiary/aromatic N) is 1. The van der Waals surface area contributed by atoms with Gasteiger partial charge in [0, 0.05) is 19.3 Å². The summed E-state index contributed by atoms with van der Waals surface area (Å²) in [5.74, 6) is 0.474. The highest BCUT2D eigenvalue weighted by molar-refractivity contribution is 7.90. The van der Waals surface area contributed by atoms with Crippen LogP contribution in [0.15, 0.2) is 52.4 Å². The van der Waals surface area contributed by atoms with Gasteiger partial charge in [0.1, 0.15) is 5.82 Å². The van der Waals surface area contributed by atoms with Gasteiger partial charge in [-0.2, -0.15) is 0 Å². The van der Waals surface area contributed by atoms with Crippen LogP contribution >= 0.6 is 0 Å². The van der Waals surface area contributed by atoms with E-state index in [1.54, 1.807) is 31.2 Å². The molecule has 7 heteroatoms. The molecule has 5 nitrogen and oxygen atoms in total. The number of nitrogens with one attached hydrogen (secondary N) is 2. The Morgan fingerprint density at radius 1 is 1.07 bits per heavy atom. The topological polar surface area (TPSA) is 70.6 Å². The SMILES string of the molecule is CCNC(=NCc1ccc(F)c(C)c1)NCCc1ccc(S(C)(=O)=O)cc1. The zero-order valence-corrected chi connectivity index (χ0v) is 16.7. The molecule has 2 rings (SSSR count). The number of halogens is 1. The molecular formula is C20H26FN3O2S. The van der Waals surface area contributed by atoms with Crippen molar-refractivity contribution in [3.8, 4) is 0 Å². The standard InChI is InChI=1S/C20H26FN3O2S/c1-4-22-20(24-14-17-7-10-19(21)15(2)13-17)23-12-11-16-5-8-18(9-6-16)27(3,25)26/h5-10,13H,4,11-12,14H2,1-3H3,(H2,22,23,24). The summed E-state index contributed by atoms with van der Waals surface area (Å²) >= 11 is 0. The molecule has 2 N–H and O–H groups in total. The maximum Gasteiger partial charge on any atom is 0.191 e. The van der Waals surface area contributed by atoms with Crippen LogP contribution in [-0.4, -0.2) is 33.7 Å². The maximum atomic E-state index is 13.3. The van der Waals surface area contributed by atoms with Crippen molar-refractivity contribution in [2.45, 2.75) is 31.7 Å². The van der Waals surface area contributed by atoms with Crippen LogP contribution in [0.25, 0.3) is 0 Å². The van der Waals surface area contributed by atoms with E-state index in [1.165, 1.54) is 12.3 Å². The highest BCUT2D eigenvalue weighted by Crippen LogP contribution is 2.11. The van der Waals surface area contributed by atoms with Gasteiger partial charge in [-0.25, -0.2) is 17.8 Å². The molecule has 0 amide bonds. The normalized spacial score (nSPS) is 12.1. The number of aliphatic imine (C=N–C) groups is 1. The number of hydrogen-bond acceptors (Lipinski definition) is 3. The first-order valence-electron chi connectivity index (χ1n) is 8.86. The van der Waals surface area contributed by atoms with Gasteiger partial charge < -0.3 is 10.6 Å². The fraction of sp³-hybridized carbons (Fsp3) is 0.350. The van der Waals surface area contributed by atoms with Crippen LogP contribution in [0.4, 0.5) is 4.39 Å². The predicted octanol–water partition coefficient (Wildman–Crippen LogP) is 2.84. The molecule has 2 aromatic rings. The van der Waals surface area contributed by atoms with Crippen molar-refractivity contribution >= 4 is 15.8 Å². The quantitative estimate of drug-likeness (QED) is 0.562. The van der Waals surface area contributed by atoms with Gasteiger partial charge in [0.25, 0.3) is 0 Å². The minimum Gasteiger partial charge on any atom is -0.357 e. The summed E-state index contributed by atoms with van der Waals surface area (Å²) in [7, 11) is -3.17. The predicted molar refractivity (Wildman–Crippen MR) is 107 cm³/mol. The second-order valence-electron chi connectivity index (χ2n) is 6.37. The molecule has 0 aliphatic heterocycles. The Morgan fingerprint density at radius 2 is 1.74 bits per heavy atom. The Kier molecular flexibility index (Phi) is 7.36. The van der Waals surface area contributed by atoms with E-state index in [-0.39, 0.29) is 5.82 Å². The van der Waals surface area contributed by atoms with E-state index in [2.05, 4.69) is 15.6 Å². The Labute approximate surface area is 160 Å². The summed E-state index contributed by atoms with van der Waals surface area (Å²) in [5, 5.41) is 6.44. The summed E-state index contributed by atoms with van der Waals surface area (Å²) in [6, 6.07) is 11.9. The minimum atomic E-state index is -3.17. The lowest BCUT2D eigenvalue weighted by molar-refractivity contribution is 0.602. The average molecular weight is 392 g/mol. The van der Waals surface area contributed by atoms with Gasteiger partial charge in [-0.1, -0.05) is 24.3 Å². The molecule has 0 fully saturated rings. The van der Waals surface area contributed by atoms with Crippen molar-refractivity contribution < 1.29 is 12.8 Å². The smallest absolute Gasteiger partial charge is 0.191 e. The monoisotopic (exact) mass is 391 g/mol. The van der Waals surface area contributed by atoms with Gasteiger partial charge in [0.05, 0.1) is 11.4 Å². The average Bonchev–Trinajstić information content (AvgIpc) is 2.62. The summed E-state index contributed by atoms with van der Waals surface area (Å²) in [6.07, 6.45) is 1.94. The first kappa shape index (κ1) is 20.9. The molecule has 0 bridgehead atoms. The molecule has 0 spiro atoms. The molecule has 0 aromatic heterocycles. The van der Waals surface area contributed by atoms with Crippen molar-refractivity contribution in [1.82, 2.24) is 10.6 Å². The Hall–Kier alpha value is -2.41. The molecule has 27 heavy (non-hydrogen) atoms. The molecule has 2 aromatic carbocycles. The lowest BCUT2D eigenvalue weighted by Gasteiger charge is -2.12. The second kappa shape index (κ2) is 9.50. The number of sulfone groups is 1. The van der Waals surface area contributed by atoms with E-state index in [9.17, 15) is 12.8 Å². The zero-order valence-electron chi connectivity index (χ0n) is 15.9. The van der Waals surface area contributed by atoms with Crippen LogP contribution in [-0.2, 0) is 22.8 Å². The first-order chi connectivity index (χ1) is 12.8. The molecule has 0 unspecified atom stereocenters. The van der Waals surface area contributed by atoms with Gasteiger partial charge in [-0.3, -0.25) is 0 Å². The van der Waals surface area contributed by atoms with E-state index in [4.69, 9.17) is 0 Å². The largest absolute Gasteiger partial charge is 0.357 e. The van der Waals surface area contributed by atoms with Crippen LogP contribution < -0.4 is 10.6 Å². The second-order valence-corrected chi connectivity index (χ2v) is 8.39. The number of hydrogen-bond donors (Lipinski definition) is 2. The minimum absolute atomic E-state index is 0.213. The van der Waals surface area contributed by atoms with E-state index in [0.29, 0.717) is 29.5 Å². The fourth-order valence-electron chi connectivity index (χ4n) is 2.55. The lowest BCUT2D eigenvalue weighted by atomic mass is 10.1. The van der Waals surface area contributed by atoms with Crippen LogP contribution in [0.5, 0.6) is 0 Å². The first-order valence-corrected chi connectivity index (χ1v) is 10.7. The third-order valence-electron chi connectivity index (χ3n) is 4.04. The highest BCUT2D eigenvalue weighted by atomic mass is 32.2. The van der Waals surface area contributed by atoms with Crippen molar-refractivity contribution in [2.24, 2.45) is 4.99 Å². The number of aryl methyl sites for hydroxylation is 1. The zero-order chi connectivity index (χ0) is 19.9. The third kappa shape index (κ3) is 6.67. The van der Waals surface area contributed by atoms with Crippen molar-refractivity contribution in [1.29, 1.82) is 0 Å². The Bertz CT molecular complexity index is 894. The molecule has 146 valence electrons. The molecule has 0 saturated heterocycles. The van der Waals surface area contributed by atoms with Gasteiger partial charge in [-0.05, 0) is 55.2 Å². The lowest BCUT2D eigenvalue weighted by Crippen LogP contribution is -2.38. The van der Waals surface area contributed by atoms with Gasteiger partial charge >= 0.3 is 0 Å². The summed E-state index contributed by atoms with van der Waals surface area (Å²) in [4.78, 5) is 4.85. The van der Waals surface area contributed by atoms with Gasteiger partial charge in [-0.15, -0.1) is 0 Å². The molecule has 0 aliphatic rings. The van der Waals surface area contributed by atoms with Gasteiger partial charge in [0.2, 0.25) is 0 Å². The maximum absolute atomic E-state index is 13.3. The van der Waals surface area contributed by atoms with Gasteiger partial charge in [0.15, 0.2) is 15.8 Å². The summed E-state index contributed by atoms with van der Waals surface area (Å²) < 4.78 is 36.3. The third-order valence-corrected chi connectivity index (χ3v) is 5.17. The van der Waals surface area contributed by atoms with E-state index >= 15 is 0 Å². The van der Waals surface area contributed by atoms with Crippen molar-refractivity contribution in [3.63, 3.8) is 0 Å². The van der Waals surface area contributed by atoms with Crippen LogP contribution in [0.3, 0.4) is 0 Å². The van der Waals surface area contributed by atoms with Crippen LogP contribution in [0, 0.1) is 12.7 Å².